The Hall–Kier alpha value is -3.13. The summed E-state index contributed by atoms with van der Waals surface area (Å²) in [6, 6.07) is 17.4. The molecule has 0 aliphatic heterocycles. The van der Waals surface area contributed by atoms with E-state index in [1.54, 1.807) is 12.1 Å². The van der Waals surface area contributed by atoms with Gasteiger partial charge >= 0.3 is 5.69 Å². The van der Waals surface area contributed by atoms with Gasteiger partial charge < -0.3 is 5.32 Å². The zero-order valence-corrected chi connectivity index (χ0v) is 16.4. The van der Waals surface area contributed by atoms with E-state index in [0.29, 0.717) is 12.4 Å². The molecule has 1 N–H and O–H groups in total. The maximum Gasteiger partial charge on any atom is 0.332 e. The first-order chi connectivity index (χ1) is 13.3. The molecule has 3 aromatic rings. The smallest absolute Gasteiger partial charge is 0.332 e. The van der Waals surface area contributed by atoms with Gasteiger partial charge in [-0.15, -0.1) is 0 Å². The van der Waals surface area contributed by atoms with Crippen molar-refractivity contribution in [3.05, 3.63) is 92.6 Å². The van der Waals surface area contributed by atoms with E-state index in [1.807, 2.05) is 30.3 Å². The Morgan fingerprint density at radius 3 is 2.18 bits per heavy atom. The lowest BCUT2D eigenvalue weighted by molar-refractivity contribution is 0.601. The average molecular weight is 399 g/mol. The maximum atomic E-state index is 12.6. The van der Waals surface area contributed by atoms with Crippen LogP contribution < -0.4 is 16.6 Å². The molecule has 0 saturated carbocycles. The van der Waals surface area contributed by atoms with Crippen LogP contribution in [0.5, 0.6) is 0 Å². The van der Waals surface area contributed by atoms with E-state index in [2.05, 4.69) is 5.32 Å². The summed E-state index contributed by atoms with van der Waals surface area (Å²) in [6.45, 7) is 0.661. The lowest BCUT2D eigenvalue weighted by Crippen LogP contribution is -2.39. The lowest BCUT2D eigenvalue weighted by atomic mass is 10.2. The number of aromatic nitrogens is 2. The number of nitrogens with one attached hydrogen (secondary N) is 1. The SMILES string of the molecule is Cn1c(=O)cc(NCc2ccccc2)n(Cc2ccc(S(C)(=O)=O)cc2)c1=O. The normalized spacial score (nSPS) is 11.4. The summed E-state index contributed by atoms with van der Waals surface area (Å²) in [5, 5.41) is 3.15. The minimum Gasteiger partial charge on any atom is -0.367 e. The minimum absolute atomic E-state index is 0.202. The number of hydrogen-bond acceptors (Lipinski definition) is 5. The third-order valence-electron chi connectivity index (χ3n) is 4.41. The molecule has 0 saturated heterocycles. The van der Waals surface area contributed by atoms with Crippen LogP contribution in [-0.2, 0) is 30.0 Å². The standard InChI is InChI=1S/C20H21N3O4S/c1-22-19(24)12-18(21-13-15-6-4-3-5-7-15)23(20(22)25)14-16-8-10-17(11-9-16)28(2,26)27/h3-12,21H,13-14H2,1-2H3. The molecule has 0 radical (unpaired) electrons. The molecule has 1 aromatic heterocycles. The van der Waals surface area contributed by atoms with E-state index in [1.165, 1.54) is 29.8 Å². The molecule has 0 bridgehead atoms. The first-order valence-corrected chi connectivity index (χ1v) is 10.5. The Morgan fingerprint density at radius 2 is 1.57 bits per heavy atom. The molecule has 28 heavy (non-hydrogen) atoms. The highest BCUT2D eigenvalue weighted by atomic mass is 32.2. The summed E-state index contributed by atoms with van der Waals surface area (Å²) < 4.78 is 25.7. The van der Waals surface area contributed by atoms with Gasteiger partial charge in [0.25, 0.3) is 5.56 Å². The summed E-state index contributed by atoms with van der Waals surface area (Å²) in [7, 11) is -1.86. The molecule has 0 aliphatic rings. The number of nitrogens with zero attached hydrogens (tertiary/aromatic N) is 2. The van der Waals surface area contributed by atoms with Crippen molar-refractivity contribution in [3.63, 3.8) is 0 Å². The summed E-state index contributed by atoms with van der Waals surface area (Å²) in [6.07, 6.45) is 1.14. The predicted molar refractivity (Wildman–Crippen MR) is 108 cm³/mol. The Morgan fingerprint density at radius 1 is 0.929 bits per heavy atom. The van der Waals surface area contributed by atoms with Gasteiger partial charge in [0.15, 0.2) is 9.84 Å². The van der Waals surface area contributed by atoms with Gasteiger partial charge in [0, 0.05) is 25.9 Å². The van der Waals surface area contributed by atoms with E-state index >= 15 is 0 Å². The van der Waals surface area contributed by atoms with Crippen molar-refractivity contribution in [1.29, 1.82) is 0 Å². The molecule has 0 spiro atoms. The van der Waals surface area contributed by atoms with Crippen LogP contribution in [0, 0.1) is 0 Å². The molecule has 0 fully saturated rings. The molecule has 0 aliphatic carbocycles. The van der Waals surface area contributed by atoms with Crippen molar-refractivity contribution in [1.82, 2.24) is 9.13 Å². The first kappa shape index (κ1) is 19.6. The molecule has 0 atom stereocenters. The third-order valence-corrected chi connectivity index (χ3v) is 5.54. The summed E-state index contributed by atoms with van der Waals surface area (Å²) in [5.41, 5.74) is 0.912. The highest BCUT2D eigenvalue weighted by Crippen LogP contribution is 2.13. The van der Waals surface area contributed by atoms with Crippen molar-refractivity contribution in [2.24, 2.45) is 7.05 Å². The maximum absolute atomic E-state index is 12.6. The molecule has 0 unspecified atom stereocenters. The summed E-state index contributed by atoms with van der Waals surface area (Å²) >= 11 is 0. The fourth-order valence-electron chi connectivity index (χ4n) is 2.78. The van der Waals surface area contributed by atoms with Crippen molar-refractivity contribution in [2.75, 3.05) is 11.6 Å². The minimum atomic E-state index is -3.29. The quantitative estimate of drug-likeness (QED) is 0.680. The highest BCUT2D eigenvalue weighted by molar-refractivity contribution is 7.90. The number of hydrogen-bond donors (Lipinski definition) is 1. The van der Waals surface area contributed by atoms with Crippen molar-refractivity contribution < 1.29 is 8.42 Å². The second-order valence-electron chi connectivity index (χ2n) is 6.55. The molecule has 2 aromatic carbocycles. The second kappa shape index (κ2) is 7.85. The number of anilines is 1. The second-order valence-corrected chi connectivity index (χ2v) is 8.57. The topological polar surface area (TPSA) is 90.2 Å². The Bertz CT molecular complexity index is 1190. The number of benzene rings is 2. The van der Waals surface area contributed by atoms with E-state index in [0.717, 1.165) is 21.9 Å². The molecule has 146 valence electrons. The number of rotatable bonds is 6. The zero-order valence-electron chi connectivity index (χ0n) is 15.6. The molecular weight excluding hydrogens is 378 g/mol. The monoisotopic (exact) mass is 399 g/mol. The average Bonchev–Trinajstić information content (AvgIpc) is 2.67. The fraction of sp³-hybridized carbons (Fsp3) is 0.200. The molecule has 8 heteroatoms. The fourth-order valence-corrected chi connectivity index (χ4v) is 3.41. The van der Waals surface area contributed by atoms with Gasteiger partial charge in [-0.25, -0.2) is 13.2 Å². The molecule has 7 nitrogen and oxygen atoms in total. The van der Waals surface area contributed by atoms with E-state index in [9.17, 15) is 18.0 Å². The molecular formula is C20H21N3O4S. The Kier molecular flexibility index (Phi) is 5.51. The van der Waals surface area contributed by atoms with Crippen LogP contribution in [0.15, 0.2) is 75.1 Å². The van der Waals surface area contributed by atoms with Gasteiger partial charge in [-0.05, 0) is 23.3 Å². The van der Waals surface area contributed by atoms with Gasteiger partial charge in [-0.3, -0.25) is 13.9 Å². The van der Waals surface area contributed by atoms with E-state index < -0.39 is 21.1 Å². The Balaban J connectivity index is 1.93. The van der Waals surface area contributed by atoms with E-state index in [-0.39, 0.29) is 11.4 Å². The van der Waals surface area contributed by atoms with Gasteiger partial charge in [0.1, 0.15) is 5.82 Å². The highest BCUT2D eigenvalue weighted by Gasteiger charge is 2.11. The summed E-state index contributed by atoms with van der Waals surface area (Å²) in [5.74, 6) is 0.407. The van der Waals surface area contributed by atoms with Gasteiger partial charge in [-0.2, -0.15) is 0 Å². The van der Waals surface area contributed by atoms with Gasteiger partial charge in [0.05, 0.1) is 11.4 Å². The van der Waals surface area contributed by atoms with Crippen molar-refractivity contribution in [3.8, 4) is 0 Å². The first-order valence-electron chi connectivity index (χ1n) is 8.63. The lowest BCUT2D eigenvalue weighted by Gasteiger charge is -2.16. The van der Waals surface area contributed by atoms with Crippen LogP contribution in [0.2, 0.25) is 0 Å². The Labute approximate surface area is 162 Å². The third kappa shape index (κ3) is 4.40. The van der Waals surface area contributed by atoms with Crippen molar-refractivity contribution >= 4 is 15.7 Å². The zero-order chi connectivity index (χ0) is 20.3. The van der Waals surface area contributed by atoms with Crippen LogP contribution in [-0.4, -0.2) is 23.8 Å². The van der Waals surface area contributed by atoms with Crippen LogP contribution >= 0.6 is 0 Å². The van der Waals surface area contributed by atoms with E-state index in [4.69, 9.17) is 0 Å². The van der Waals surface area contributed by atoms with Crippen LogP contribution in [0.25, 0.3) is 0 Å². The summed E-state index contributed by atoms with van der Waals surface area (Å²) in [4.78, 5) is 24.9. The molecule has 0 amide bonds. The van der Waals surface area contributed by atoms with Crippen LogP contribution in [0.4, 0.5) is 5.82 Å². The molecule has 1 heterocycles. The predicted octanol–water partition coefficient (Wildman–Crippen LogP) is 1.61. The van der Waals surface area contributed by atoms with Crippen LogP contribution in [0.3, 0.4) is 0 Å². The number of sulfone groups is 1. The largest absolute Gasteiger partial charge is 0.367 e. The van der Waals surface area contributed by atoms with Gasteiger partial charge in [0.2, 0.25) is 0 Å². The van der Waals surface area contributed by atoms with Crippen LogP contribution in [0.1, 0.15) is 11.1 Å². The molecule has 3 rings (SSSR count). The van der Waals surface area contributed by atoms with Crippen molar-refractivity contribution in [2.45, 2.75) is 18.0 Å². The van der Waals surface area contributed by atoms with Gasteiger partial charge in [-0.1, -0.05) is 42.5 Å².